The van der Waals surface area contributed by atoms with Crippen molar-refractivity contribution in [3.63, 3.8) is 0 Å². The van der Waals surface area contributed by atoms with E-state index in [-0.39, 0.29) is 0 Å². The summed E-state index contributed by atoms with van der Waals surface area (Å²) in [6, 6.07) is 25.3. The van der Waals surface area contributed by atoms with Crippen molar-refractivity contribution in [1.82, 2.24) is 4.98 Å². The maximum Gasteiger partial charge on any atom is 0.0707 e. The fourth-order valence-electron chi connectivity index (χ4n) is 2.75. The summed E-state index contributed by atoms with van der Waals surface area (Å²) in [7, 11) is 0. The minimum Gasteiger partial charge on any atom is -0.383 e. The van der Waals surface area contributed by atoms with Crippen LogP contribution in [0.15, 0.2) is 91.1 Å². The van der Waals surface area contributed by atoms with Gasteiger partial charge in [-0.25, -0.2) is 0 Å². The number of hydrogen-bond acceptors (Lipinski definition) is 2. The molecule has 0 bridgehead atoms. The van der Waals surface area contributed by atoms with E-state index in [1.54, 1.807) is 0 Å². The van der Waals surface area contributed by atoms with Crippen LogP contribution in [0, 0.1) is 0 Å². The predicted octanol–water partition coefficient (Wildman–Crippen LogP) is 6.05. The third kappa shape index (κ3) is 4.93. The number of benzene rings is 2. The first kappa shape index (κ1) is 17.7. The number of rotatable bonds is 6. The first-order valence-electron chi connectivity index (χ1n) is 8.94. The average Bonchev–Trinajstić information content (AvgIpc) is 2.67. The zero-order valence-electron chi connectivity index (χ0n) is 15.3. The van der Waals surface area contributed by atoms with Crippen molar-refractivity contribution < 1.29 is 0 Å². The lowest BCUT2D eigenvalue weighted by atomic mass is 10.0. The van der Waals surface area contributed by atoms with Gasteiger partial charge in [-0.15, -0.1) is 0 Å². The van der Waals surface area contributed by atoms with Crippen LogP contribution >= 0.6 is 0 Å². The smallest absolute Gasteiger partial charge is 0.0707 e. The Hall–Kier alpha value is -3.13. The number of anilines is 1. The first-order chi connectivity index (χ1) is 12.7. The summed E-state index contributed by atoms with van der Waals surface area (Å²) in [5, 5.41) is 3.40. The van der Waals surface area contributed by atoms with E-state index in [4.69, 9.17) is 0 Å². The summed E-state index contributed by atoms with van der Waals surface area (Å²) in [6.45, 7) is 4.28. The van der Waals surface area contributed by atoms with Crippen LogP contribution in [-0.4, -0.2) is 11.0 Å². The topological polar surface area (TPSA) is 24.9 Å². The average molecular weight is 340 g/mol. The zero-order valence-corrected chi connectivity index (χ0v) is 15.3. The second kappa shape index (κ2) is 8.82. The molecule has 0 fully saturated rings. The number of pyridine rings is 1. The summed E-state index contributed by atoms with van der Waals surface area (Å²) in [6.07, 6.45) is 8.15. The van der Waals surface area contributed by atoms with Gasteiger partial charge in [-0.05, 0) is 49.2 Å². The Labute approximate surface area is 155 Å². The van der Waals surface area contributed by atoms with Crippen LogP contribution in [-0.2, 0) is 0 Å². The second-order valence-corrected chi connectivity index (χ2v) is 6.44. The van der Waals surface area contributed by atoms with Gasteiger partial charge in [0.25, 0.3) is 0 Å². The van der Waals surface area contributed by atoms with Gasteiger partial charge in [-0.3, -0.25) is 4.98 Å². The monoisotopic (exact) mass is 340 g/mol. The fraction of sp³-hybridized carbons (Fsp3) is 0.125. The highest BCUT2D eigenvalue weighted by Gasteiger charge is 2.04. The van der Waals surface area contributed by atoms with Crippen molar-refractivity contribution >= 4 is 17.3 Å². The molecule has 0 aliphatic carbocycles. The minimum absolute atomic E-state index is 0.436. The van der Waals surface area contributed by atoms with Crippen molar-refractivity contribution in [1.29, 1.82) is 0 Å². The van der Waals surface area contributed by atoms with Crippen LogP contribution in [0.1, 0.15) is 30.7 Å². The van der Waals surface area contributed by atoms with Gasteiger partial charge < -0.3 is 5.32 Å². The van der Waals surface area contributed by atoms with Gasteiger partial charge in [0.05, 0.1) is 5.69 Å². The summed E-state index contributed by atoms with van der Waals surface area (Å²) < 4.78 is 0. The van der Waals surface area contributed by atoms with Gasteiger partial charge in [-0.2, -0.15) is 0 Å². The van der Waals surface area contributed by atoms with Gasteiger partial charge >= 0.3 is 0 Å². The summed E-state index contributed by atoms with van der Waals surface area (Å²) in [4.78, 5) is 4.51. The summed E-state index contributed by atoms with van der Waals surface area (Å²) >= 11 is 0. The number of aromatic nitrogens is 1. The highest BCUT2D eigenvalue weighted by atomic mass is 14.9. The molecule has 0 aliphatic heterocycles. The van der Waals surface area contributed by atoms with Gasteiger partial charge in [-0.1, -0.05) is 66.8 Å². The van der Waals surface area contributed by atoms with E-state index in [0.717, 1.165) is 22.5 Å². The van der Waals surface area contributed by atoms with Crippen molar-refractivity contribution in [2.75, 3.05) is 5.32 Å². The van der Waals surface area contributed by atoms with Gasteiger partial charge in [0.1, 0.15) is 0 Å². The molecule has 0 radical (unpaired) electrons. The standard InChI is InChI=1S/C24H24N2/c1-19(2)26-22-16-14-20(15-17-22)9-8-12-23(21-10-4-3-5-11-21)24-13-6-7-18-25-24/h3-19,26H,1-2H3. The molecule has 0 saturated carbocycles. The molecule has 2 nitrogen and oxygen atoms in total. The molecule has 130 valence electrons. The summed E-state index contributed by atoms with van der Waals surface area (Å²) in [5.74, 6) is 0. The molecule has 2 aromatic carbocycles. The molecule has 1 heterocycles. The molecule has 0 unspecified atom stereocenters. The third-order valence-corrected chi connectivity index (χ3v) is 3.94. The number of nitrogens with zero attached hydrogens (tertiary/aromatic N) is 1. The normalized spacial score (nSPS) is 11.9. The lowest BCUT2D eigenvalue weighted by molar-refractivity contribution is 0.900. The number of hydrogen-bond donors (Lipinski definition) is 1. The quantitative estimate of drug-likeness (QED) is 0.553. The van der Waals surface area contributed by atoms with Crippen LogP contribution in [0.25, 0.3) is 11.6 Å². The molecular weight excluding hydrogens is 316 g/mol. The molecular formula is C24H24N2. The molecule has 3 aromatic rings. The lowest BCUT2D eigenvalue weighted by Crippen LogP contribution is -2.09. The number of allylic oxidation sites excluding steroid dienone is 2. The van der Waals surface area contributed by atoms with Crippen LogP contribution in [0.3, 0.4) is 0 Å². The van der Waals surface area contributed by atoms with Crippen molar-refractivity contribution in [2.24, 2.45) is 0 Å². The molecule has 1 N–H and O–H groups in total. The zero-order chi connectivity index (χ0) is 18.2. The van der Waals surface area contributed by atoms with E-state index in [0.29, 0.717) is 6.04 Å². The molecule has 0 amide bonds. The third-order valence-electron chi connectivity index (χ3n) is 3.94. The molecule has 0 saturated heterocycles. The van der Waals surface area contributed by atoms with E-state index >= 15 is 0 Å². The van der Waals surface area contributed by atoms with Crippen LogP contribution in [0.2, 0.25) is 0 Å². The van der Waals surface area contributed by atoms with Gasteiger partial charge in [0, 0.05) is 23.5 Å². The fourth-order valence-corrected chi connectivity index (χ4v) is 2.75. The Bertz CT molecular complexity index is 820. The van der Waals surface area contributed by atoms with E-state index in [2.05, 4.69) is 90.9 Å². The molecule has 1 aromatic heterocycles. The van der Waals surface area contributed by atoms with E-state index < -0.39 is 0 Å². The Morgan fingerprint density at radius 2 is 1.62 bits per heavy atom. The Kier molecular flexibility index (Phi) is 6.00. The maximum absolute atomic E-state index is 4.51. The van der Waals surface area contributed by atoms with Crippen LogP contribution < -0.4 is 5.32 Å². The highest BCUT2D eigenvalue weighted by Crippen LogP contribution is 2.22. The van der Waals surface area contributed by atoms with E-state index in [1.807, 2.05) is 30.5 Å². The second-order valence-electron chi connectivity index (χ2n) is 6.44. The molecule has 3 rings (SSSR count). The Morgan fingerprint density at radius 1 is 0.885 bits per heavy atom. The number of nitrogens with one attached hydrogen (secondary N) is 1. The van der Waals surface area contributed by atoms with E-state index in [1.165, 1.54) is 5.56 Å². The largest absolute Gasteiger partial charge is 0.383 e. The molecule has 26 heavy (non-hydrogen) atoms. The minimum atomic E-state index is 0.436. The molecule has 2 heteroatoms. The Morgan fingerprint density at radius 3 is 2.27 bits per heavy atom. The molecule has 0 atom stereocenters. The van der Waals surface area contributed by atoms with Crippen LogP contribution in [0.5, 0.6) is 0 Å². The van der Waals surface area contributed by atoms with Gasteiger partial charge in [0.2, 0.25) is 0 Å². The lowest BCUT2D eigenvalue weighted by Gasteiger charge is -2.09. The van der Waals surface area contributed by atoms with Crippen molar-refractivity contribution in [3.05, 3.63) is 108 Å². The van der Waals surface area contributed by atoms with Crippen molar-refractivity contribution in [3.8, 4) is 0 Å². The maximum atomic E-state index is 4.51. The predicted molar refractivity (Wildman–Crippen MR) is 112 cm³/mol. The Balaban J connectivity index is 1.83. The van der Waals surface area contributed by atoms with Crippen LogP contribution in [0.4, 0.5) is 5.69 Å². The van der Waals surface area contributed by atoms with Gasteiger partial charge in [0.15, 0.2) is 0 Å². The first-order valence-corrected chi connectivity index (χ1v) is 8.94. The molecule has 0 spiro atoms. The molecule has 0 aliphatic rings. The summed E-state index contributed by atoms with van der Waals surface area (Å²) in [5.41, 5.74) is 5.56. The highest BCUT2D eigenvalue weighted by molar-refractivity contribution is 5.79. The van der Waals surface area contributed by atoms with Crippen molar-refractivity contribution in [2.45, 2.75) is 19.9 Å². The SMILES string of the molecule is CC(C)Nc1ccc(C=CC=C(c2ccccc2)c2ccccn2)cc1. The van der Waals surface area contributed by atoms with E-state index in [9.17, 15) is 0 Å².